The van der Waals surface area contributed by atoms with Gasteiger partial charge in [0.15, 0.2) is 5.82 Å². The lowest BCUT2D eigenvalue weighted by atomic mass is 10.4. The van der Waals surface area contributed by atoms with Gasteiger partial charge in [-0.1, -0.05) is 6.92 Å². The topological polar surface area (TPSA) is 88.5 Å². The molecule has 1 aromatic heterocycles. The molecule has 120 valence electrons. The first-order valence-corrected chi connectivity index (χ1v) is 7.33. The third-order valence-electron chi connectivity index (χ3n) is 2.61. The van der Waals surface area contributed by atoms with E-state index < -0.39 is 0 Å². The van der Waals surface area contributed by atoms with Crippen molar-refractivity contribution in [3.63, 3.8) is 0 Å². The lowest BCUT2D eigenvalue weighted by Gasteiger charge is -2.11. The average molecular weight is 298 g/mol. The van der Waals surface area contributed by atoms with Crippen molar-refractivity contribution < 1.29 is 14.6 Å². The maximum Gasteiger partial charge on any atom is 0.158 e. The van der Waals surface area contributed by atoms with E-state index in [2.05, 4.69) is 27.5 Å². The first-order valence-electron chi connectivity index (χ1n) is 7.33. The zero-order valence-corrected chi connectivity index (χ0v) is 12.9. The van der Waals surface area contributed by atoms with E-state index in [1.165, 1.54) is 0 Å². The van der Waals surface area contributed by atoms with Crippen LogP contribution in [0.15, 0.2) is 6.07 Å². The van der Waals surface area contributed by atoms with E-state index >= 15 is 0 Å². The highest BCUT2D eigenvalue weighted by Gasteiger charge is 2.04. The van der Waals surface area contributed by atoms with Gasteiger partial charge in [-0.05, 0) is 12.8 Å². The van der Waals surface area contributed by atoms with Crippen LogP contribution in [0.5, 0.6) is 0 Å². The molecule has 0 aromatic carbocycles. The molecule has 0 bridgehead atoms. The number of hydrogen-bond donors (Lipinski definition) is 3. The number of ether oxygens (including phenoxy) is 2. The molecule has 0 amide bonds. The Morgan fingerprint density at radius 3 is 2.48 bits per heavy atom. The number of nitrogens with zero attached hydrogens (tertiary/aromatic N) is 2. The van der Waals surface area contributed by atoms with Gasteiger partial charge in [-0.25, -0.2) is 9.97 Å². The van der Waals surface area contributed by atoms with Crippen LogP contribution in [-0.4, -0.2) is 55.1 Å². The van der Waals surface area contributed by atoms with Gasteiger partial charge < -0.3 is 25.2 Å². The number of aromatic nitrogens is 2. The van der Waals surface area contributed by atoms with Gasteiger partial charge in [0.2, 0.25) is 0 Å². The summed E-state index contributed by atoms with van der Waals surface area (Å²) in [5.74, 6) is 2.23. The number of nitrogens with one attached hydrogen (secondary N) is 2. The molecule has 0 fully saturated rings. The van der Waals surface area contributed by atoms with E-state index in [1.54, 1.807) is 7.11 Å². The predicted octanol–water partition coefficient (Wildman–Crippen LogP) is 1.26. The molecule has 0 saturated heterocycles. The Kier molecular flexibility index (Phi) is 9.43. The molecule has 7 heteroatoms. The van der Waals surface area contributed by atoms with E-state index in [4.69, 9.17) is 14.6 Å². The second-order valence-electron chi connectivity index (χ2n) is 4.53. The van der Waals surface area contributed by atoms with Crippen LogP contribution < -0.4 is 10.6 Å². The van der Waals surface area contributed by atoms with Gasteiger partial charge in [0, 0.05) is 32.9 Å². The van der Waals surface area contributed by atoms with Crippen molar-refractivity contribution in [2.24, 2.45) is 0 Å². The number of aliphatic hydroxyl groups excluding tert-OH is 1. The van der Waals surface area contributed by atoms with Crippen molar-refractivity contribution in [2.75, 3.05) is 50.7 Å². The van der Waals surface area contributed by atoms with Gasteiger partial charge in [0.1, 0.15) is 18.2 Å². The molecule has 0 spiro atoms. The minimum Gasteiger partial charge on any atom is -0.394 e. The Morgan fingerprint density at radius 2 is 1.86 bits per heavy atom. The standard InChI is InChI=1S/C14H26N4O3/c1-3-5-15-12-10-13(18-14(17-12)11-20-2)16-6-4-8-21-9-7-19/h10,19H,3-9,11H2,1-2H3,(H2,15,16,17,18). The third-order valence-corrected chi connectivity index (χ3v) is 2.61. The Morgan fingerprint density at radius 1 is 1.14 bits per heavy atom. The van der Waals surface area contributed by atoms with E-state index in [0.717, 1.165) is 37.6 Å². The largest absolute Gasteiger partial charge is 0.394 e. The van der Waals surface area contributed by atoms with Crippen LogP contribution in [0.4, 0.5) is 11.6 Å². The van der Waals surface area contributed by atoms with Crippen molar-refractivity contribution in [1.82, 2.24) is 9.97 Å². The van der Waals surface area contributed by atoms with Gasteiger partial charge in [0.25, 0.3) is 0 Å². The smallest absolute Gasteiger partial charge is 0.158 e. The van der Waals surface area contributed by atoms with Crippen molar-refractivity contribution >= 4 is 11.6 Å². The molecular weight excluding hydrogens is 272 g/mol. The van der Waals surface area contributed by atoms with Gasteiger partial charge >= 0.3 is 0 Å². The minimum absolute atomic E-state index is 0.0617. The van der Waals surface area contributed by atoms with Gasteiger partial charge in [-0.15, -0.1) is 0 Å². The third kappa shape index (κ3) is 7.79. The summed E-state index contributed by atoms with van der Waals surface area (Å²) in [4.78, 5) is 8.79. The summed E-state index contributed by atoms with van der Waals surface area (Å²) in [6, 6.07) is 1.89. The van der Waals surface area contributed by atoms with E-state index in [1.807, 2.05) is 6.07 Å². The average Bonchev–Trinajstić information content (AvgIpc) is 2.49. The van der Waals surface area contributed by atoms with Crippen molar-refractivity contribution in [2.45, 2.75) is 26.4 Å². The van der Waals surface area contributed by atoms with Crippen LogP contribution >= 0.6 is 0 Å². The van der Waals surface area contributed by atoms with Crippen molar-refractivity contribution in [1.29, 1.82) is 0 Å². The van der Waals surface area contributed by atoms with Gasteiger partial charge in [-0.2, -0.15) is 0 Å². The molecule has 0 atom stereocenters. The summed E-state index contributed by atoms with van der Waals surface area (Å²) >= 11 is 0. The Hall–Kier alpha value is -1.44. The maximum absolute atomic E-state index is 8.61. The fraction of sp³-hybridized carbons (Fsp3) is 0.714. The normalized spacial score (nSPS) is 10.6. The fourth-order valence-electron chi connectivity index (χ4n) is 1.68. The molecule has 7 nitrogen and oxygen atoms in total. The van der Waals surface area contributed by atoms with Crippen LogP contribution in [0.3, 0.4) is 0 Å². The lowest BCUT2D eigenvalue weighted by Crippen LogP contribution is -2.11. The maximum atomic E-state index is 8.61. The zero-order valence-electron chi connectivity index (χ0n) is 12.9. The van der Waals surface area contributed by atoms with Crippen molar-refractivity contribution in [3.8, 4) is 0 Å². The first kappa shape index (κ1) is 17.6. The lowest BCUT2D eigenvalue weighted by molar-refractivity contribution is 0.0922. The van der Waals surface area contributed by atoms with Gasteiger partial charge in [0.05, 0.1) is 13.2 Å². The van der Waals surface area contributed by atoms with Gasteiger partial charge in [-0.3, -0.25) is 0 Å². The summed E-state index contributed by atoms with van der Waals surface area (Å²) in [5.41, 5.74) is 0. The van der Waals surface area contributed by atoms with Crippen LogP contribution in [0.25, 0.3) is 0 Å². The number of rotatable bonds is 12. The molecule has 0 unspecified atom stereocenters. The molecule has 1 heterocycles. The molecule has 0 aliphatic carbocycles. The highest BCUT2D eigenvalue weighted by atomic mass is 16.5. The molecule has 0 radical (unpaired) electrons. The SMILES string of the molecule is CCCNc1cc(NCCCOCCO)nc(COC)n1. The highest BCUT2D eigenvalue weighted by Crippen LogP contribution is 2.12. The fourth-order valence-corrected chi connectivity index (χ4v) is 1.68. The quantitative estimate of drug-likeness (QED) is 0.501. The van der Waals surface area contributed by atoms with E-state index in [-0.39, 0.29) is 6.61 Å². The molecule has 0 saturated carbocycles. The molecule has 21 heavy (non-hydrogen) atoms. The number of aliphatic hydroxyl groups is 1. The predicted molar refractivity (Wildman–Crippen MR) is 82.5 cm³/mol. The summed E-state index contributed by atoms with van der Waals surface area (Å²) in [6.07, 6.45) is 1.88. The Balaban J connectivity index is 2.48. The van der Waals surface area contributed by atoms with E-state index in [9.17, 15) is 0 Å². The summed E-state index contributed by atoms with van der Waals surface area (Å²) < 4.78 is 10.3. The monoisotopic (exact) mass is 298 g/mol. The van der Waals surface area contributed by atoms with Crippen LogP contribution in [0.1, 0.15) is 25.6 Å². The molecule has 3 N–H and O–H groups in total. The summed E-state index contributed by atoms with van der Waals surface area (Å²) in [6.45, 7) is 5.18. The second-order valence-corrected chi connectivity index (χ2v) is 4.53. The highest BCUT2D eigenvalue weighted by molar-refractivity contribution is 5.47. The molecule has 0 aliphatic heterocycles. The minimum atomic E-state index is 0.0617. The number of methoxy groups -OCH3 is 1. The van der Waals surface area contributed by atoms with Crippen LogP contribution in [0, 0.1) is 0 Å². The molecular formula is C14H26N4O3. The Labute approximate surface area is 126 Å². The number of hydrogen-bond acceptors (Lipinski definition) is 7. The van der Waals surface area contributed by atoms with E-state index in [0.29, 0.717) is 25.6 Å². The van der Waals surface area contributed by atoms with Crippen molar-refractivity contribution in [3.05, 3.63) is 11.9 Å². The van der Waals surface area contributed by atoms with Crippen LogP contribution in [-0.2, 0) is 16.1 Å². The zero-order chi connectivity index (χ0) is 15.3. The van der Waals surface area contributed by atoms with Crippen LogP contribution in [0.2, 0.25) is 0 Å². The first-order chi connectivity index (χ1) is 10.3. The summed E-state index contributed by atoms with van der Waals surface area (Å²) in [5, 5.41) is 15.1. The number of anilines is 2. The molecule has 1 aromatic rings. The Bertz CT molecular complexity index is 390. The summed E-state index contributed by atoms with van der Waals surface area (Å²) in [7, 11) is 1.63. The second kappa shape index (κ2) is 11.2. The molecule has 0 aliphatic rings. The molecule has 1 rings (SSSR count).